The van der Waals surface area contributed by atoms with E-state index < -0.39 is 0 Å². The molecule has 0 radical (unpaired) electrons. The lowest BCUT2D eigenvalue weighted by Crippen LogP contribution is -2.38. The highest BCUT2D eigenvalue weighted by molar-refractivity contribution is 5.94. The predicted octanol–water partition coefficient (Wildman–Crippen LogP) is 3.56. The van der Waals surface area contributed by atoms with Crippen LogP contribution < -0.4 is 5.73 Å². The Bertz CT molecular complexity index is 622. The predicted molar refractivity (Wildman–Crippen MR) is 94.9 cm³/mol. The van der Waals surface area contributed by atoms with Crippen molar-refractivity contribution in [3.63, 3.8) is 0 Å². The number of carbonyl (C=O) groups excluding carboxylic acids is 1. The van der Waals surface area contributed by atoms with Gasteiger partial charge in [0.15, 0.2) is 0 Å². The second-order valence-corrected chi connectivity index (χ2v) is 5.67. The average molecular weight is 337 g/mol. The van der Waals surface area contributed by atoms with Gasteiger partial charge in [0.25, 0.3) is 5.91 Å². The summed E-state index contributed by atoms with van der Waals surface area (Å²) in [6, 6.07) is 10.3. The first kappa shape index (κ1) is 19.3. The highest BCUT2D eigenvalue weighted by atomic mass is 35.5. The maximum Gasteiger partial charge on any atom is 0.257 e. The van der Waals surface area contributed by atoms with Crippen LogP contribution >= 0.6 is 12.4 Å². The van der Waals surface area contributed by atoms with E-state index in [1.54, 1.807) is 11.0 Å². The Hall–Kier alpha value is -1.78. The molecular weight excluding hydrogens is 312 g/mol. The first-order valence-electron chi connectivity index (χ1n) is 7.65. The molecule has 5 heteroatoms. The van der Waals surface area contributed by atoms with E-state index in [1.807, 2.05) is 7.05 Å². The summed E-state index contributed by atoms with van der Waals surface area (Å²) in [4.78, 5) is 14.3. The lowest BCUT2D eigenvalue weighted by atomic mass is 10.0. The van der Waals surface area contributed by atoms with Gasteiger partial charge in [0.2, 0.25) is 0 Å². The fourth-order valence-electron chi connectivity index (χ4n) is 2.52. The minimum absolute atomic E-state index is 0. The fraction of sp³-hybridized carbons (Fsp3) is 0.389. The van der Waals surface area contributed by atoms with Crippen LogP contribution in [0.5, 0.6) is 0 Å². The SMILES string of the molecule is CCC(Cc1ccc(C)cc1)N(C)C(=O)c1coc(CN)c1.Cl. The van der Waals surface area contributed by atoms with Gasteiger partial charge in [-0.25, -0.2) is 0 Å². The van der Waals surface area contributed by atoms with Gasteiger partial charge < -0.3 is 15.1 Å². The van der Waals surface area contributed by atoms with Crippen LogP contribution in [0.3, 0.4) is 0 Å². The zero-order valence-corrected chi connectivity index (χ0v) is 14.7. The standard InChI is InChI=1S/C18H24N2O2.ClH/c1-4-16(9-14-7-5-13(2)6-8-14)20(3)18(21)15-10-17(11-19)22-12-15;/h5-8,10,12,16H,4,9,11,19H2,1-3H3;1H. The summed E-state index contributed by atoms with van der Waals surface area (Å²) in [6.07, 6.45) is 3.23. The summed E-state index contributed by atoms with van der Waals surface area (Å²) in [6.45, 7) is 4.48. The molecule has 0 aliphatic heterocycles. The van der Waals surface area contributed by atoms with E-state index in [0.29, 0.717) is 17.9 Å². The Labute approximate surface area is 144 Å². The first-order chi connectivity index (χ1) is 10.5. The number of carbonyl (C=O) groups is 1. The zero-order valence-electron chi connectivity index (χ0n) is 13.9. The molecule has 0 saturated carbocycles. The maximum atomic E-state index is 12.5. The molecule has 0 bridgehead atoms. The number of halogens is 1. The van der Waals surface area contributed by atoms with Crippen molar-refractivity contribution in [3.8, 4) is 0 Å². The molecule has 1 amide bonds. The van der Waals surface area contributed by atoms with Crippen molar-refractivity contribution in [2.75, 3.05) is 7.05 Å². The van der Waals surface area contributed by atoms with E-state index in [1.165, 1.54) is 17.4 Å². The topological polar surface area (TPSA) is 59.5 Å². The molecule has 4 nitrogen and oxygen atoms in total. The number of benzene rings is 1. The molecule has 1 aromatic carbocycles. The van der Waals surface area contributed by atoms with Crippen molar-refractivity contribution in [2.24, 2.45) is 5.73 Å². The van der Waals surface area contributed by atoms with Crippen molar-refractivity contribution < 1.29 is 9.21 Å². The second-order valence-electron chi connectivity index (χ2n) is 5.67. The van der Waals surface area contributed by atoms with Crippen LogP contribution in [0.1, 0.15) is 40.6 Å². The van der Waals surface area contributed by atoms with E-state index in [0.717, 1.165) is 12.8 Å². The van der Waals surface area contributed by atoms with Crippen molar-refractivity contribution in [1.82, 2.24) is 4.90 Å². The molecule has 0 saturated heterocycles. The van der Waals surface area contributed by atoms with Gasteiger partial charge in [0, 0.05) is 13.1 Å². The molecule has 0 aliphatic carbocycles. The molecule has 1 heterocycles. The molecule has 23 heavy (non-hydrogen) atoms. The Morgan fingerprint density at radius 1 is 1.30 bits per heavy atom. The van der Waals surface area contributed by atoms with Crippen molar-refractivity contribution in [1.29, 1.82) is 0 Å². The van der Waals surface area contributed by atoms with Gasteiger partial charge in [0.05, 0.1) is 12.1 Å². The number of nitrogens with zero attached hydrogens (tertiary/aromatic N) is 1. The number of aryl methyl sites for hydroxylation is 1. The number of hydrogen-bond acceptors (Lipinski definition) is 3. The van der Waals surface area contributed by atoms with Crippen LogP contribution in [-0.4, -0.2) is 23.9 Å². The van der Waals surface area contributed by atoms with Crippen LogP contribution in [0, 0.1) is 6.92 Å². The number of likely N-dealkylation sites (N-methyl/N-ethyl adjacent to an activating group) is 1. The highest BCUT2D eigenvalue weighted by Crippen LogP contribution is 2.16. The number of rotatable bonds is 6. The third-order valence-electron chi connectivity index (χ3n) is 4.03. The molecule has 2 N–H and O–H groups in total. The first-order valence-corrected chi connectivity index (χ1v) is 7.65. The van der Waals surface area contributed by atoms with Gasteiger partial charge in [0.1, 0.15) is 12.0 Å². The molecule has 1 unspecified atom stereocenters. The third-order valence-corrected chi connectivity index (χ3v) is 4.03. The molecule has 0 spiro atoms. The third kappa shape index (κ3) is 4.85. The molecule has 126 valence electrons. The van der Waals surface area contributed by atoms with Crippen LogP contribution in [-0.2, 0) is 13.0 Å². The molecule has 1 atom stereocenters. The molecule has 0 fully saturated rings. The minimum atomic E-state index is -0.0255. The number of hydrogen-bond donors (Lipinski definition) is 1. The molecule has 2 rings (SSSR count). The van der Waals surface area contributed by atoms with Crippen LogP contribution in [0.4, 0.5) is 0 Å². The molecule has 1 aromatic heterocycles. The van der Waals surface area contributed by atoms with E-state index >= 15 is 0 Å². The van der Waals surface area contributed by atoms with Crippen molar-refractivity contribution >= 4 is 18.3 Å². The van der Waals surface area contributed by atoms with Crippen LogP contribution in [0.15, 0.2) is 41.0 Å². The number of nitrogens with two attached hydrogens (primary N) is 1. The number of amides is 1. The Balaban J connectivity index is 0.00000264. The largest absolute Gasteiger partial charge is 0.467 e. The van der Waals surface area contributed by atoms with E-state index in [9.17, 15) is 4.79 Å². The quantitative estimate of drug-likeness (QED) is 0.877. The molecular formula is C18H25ClN2O2. The van der Waals surface area contributed by atoms with Gasteiger partial charge in [-0.2, -0.15) is 0 Å². The molecule has 0 aliphatic rings. The summed E-state index contributed by atoms with van der Waals surface area (Å²) in [5.41, 5.74) is 8.57. The second kappa shape index (κ2) is 8.75. The van der Waals surface area contributed by atoms with Gasteiger partial charge >= 0.3 is 0 Å². The van der Waals surface area contributed by atoms with Crippen molar-refractivity contribution in [3.05, 3.63) is 59.0 Å². The summed E-state index contributed by atoms with van der Waals surface area (Å²) in [7, 11) is 1.85. The average Bonchev–Trinajstić information content (AvgIpc) is 3.02. The smallest absolute Gasteiger partial charge is 0.257 e. The Morgan fingerprint density at radius 3 is 2.48 bits per heavy atom. The highest BCUT2D eigenvalue weighted by Gasteiger charge is 2.21. The lowest BCUT2D eigenvalue weighted by Gasteiger charge is -2.27. The monoisotopic (exact) mass is 336 g/mol. The molecule has 2 aromatic rings. The van der Waals surface area contributed by atoms with Gasteiger partial charge in [-0.05, 0) is 31.4 Å². The number of furan rings is 1. The minimum Gasteiger partial charge on any atom is -0.467 e. The van der Waals surface area contributed by atoms with Gasteiger partial charge in [-0.3, -0.25) is 4.79 Å². The van der Waals surface area contributed by atoms with Crippen molar-refractivity contribution in [2.45, 2.75) is 39.3 Å². The summed E-state index contributed by atoms with van der Waals surface area (Å²) in [5, 5.41) is 0. The van der Waals surface area contributed by atoms with Gasteiger partial charge in [-0.1, -0.05) is 36.8 Å². The summed E-state index contributed by atoms with van der Waals surface area (Å²) >= 11 is 0. The lowest BCUT2D eigenvalue weighted by molar-refractivity contribution is 0.0726. The Morgan fingerprint density at radius 2 is 1.96 bits per heavy atom. The van der Waals surface area contributed by atoms with E-state index in [-0.39, 0.29) is 24.4 Å². The summed E-state index contributed by atoms with van der Waals surface area (Å²) in [5.74, 6) is 0.603. The van der Waals surface area contributed by atoms with Crippen LogP contribution in [0.25, 0.3) is 0 Å². The Kier molecular flexibility index (Phi) is 7.33. The normalized spacial score (nSPS) is 11.7. The summed E-state index contributed by atoms with van der Waals surface area (Å²) < 4.78 is 5.26. The van der Waals surface area contributed by atoms with E-state index in [2.05, 4.69) is 38.1 Å². The zero-order chi connectivity index (χ0) is 16.1. The van der Waals surface area contributed by atoms with Gasteiger partial charge in [-0.15, -0.1) is 12.4 Å². The fourth-order valence-corrected chi connectivity index (χ4v) is 2.52. The van der Waals surface area contributed by atoms with Crippen LogP contribution in [0.2, 0.25) is 0 Å². The maximum absolute atomic E-state index is 12.5. The van der Waals surface area contributed by atoms with E-state index in [4.69, 9.17) is 10.2 Å².